The van der Waals surface area contributed by atoms with Gasteiger partial charge in [-0.05, 0) is 35.7 Å². The van der Waals surface area contributed by atoms with Gasteiger partial charge in [-0.25, -0.2) is 18.7 Å². The lowest BCUT2D eigenvalue weighted by Gasteiger charge is -2.15. The Hall–Kier alpha value is -2.99. The molecule has 1 aliphatic carbocycles. The second-order valence-electron chi connectivity index (χ2n) is 6.28. The van der Waals surface area contributed by atoms with Gasteiger partial charge in [-0.15, -0.1) is 0 Å². The van der Waals surface area contributed by atoms with E-state index in [-0.39, 0.29) is 6.42 Å². The predicted molar refractivity (Wildman–Crippen MR) is 95.0 cm³/mol. The molecule has 4 nitrogen and oxygen atoms in total. The molecule has 0 amide bonds. The molecule has 1 atom stereocenters. The summed E-state index contributed by atoms with van der Waals surface area (Å²) >= 11 is 0. The number of benzene rings is 1. The minimum atomic E-state index is -0.621. The number of allylic oxidation sites excluding steroid dienone is 1. The van der Waals surface area contributed by atoms with E-state index in [2.05, 4.69) is 21.0 Å². The molecule has 2 aromatic heterocycles. The third-order valence-corrected chi connectivity index (χ3v) is 4.40. The Bertz CT molecular complexity index is 981. The van der Waals surface area contributed by atoms with Crippen molar-refractivity contribution in [2.45, 2.75) is 18.9 Å². The van der Waals surface area contributed by atoms with Crippen LogP contribution in [0, 0.1) is 11.6 Å². The molecule has 0 saturated carbocycles. The summed E-state index contributed by atoms with van der Waals surface area (Å²) < 4.78 is 26.9. The molecular formula is C20H16F2N4. The van der Waals surface area contributed by atoms with Crippen LogP contribution in [0.5, 0.6) is 0 Å². The van der Waals surface area contributed by atoms with Crippen LogP contribution in [0.25, 0.3) is 17.2 Å². The van der Waals surface area contributed by atoms with E-state index in [1.54, 1.807) is 12.4 Å². The first-order valence-corrected chi connectivity index (χ1v) is 8.26. The SMILES string of the molecule is N[C@@H](Cc1cc(F)cc(F)c1)c1ncncc1-c1cnc2c(c1)C=CC2. The standard InChI is InChI=1S/C20H16F2N4/c21-15-4-12(5-16(22)8-15)6-18(23)20-17(10-24-11-26-20)14-7-13-2-1-3-19(13)25-9-14/h1-2,4-5,7-11,18H,3,6,23H2/t18-/m0/s1. The van der Waals surface area contributed by atoms with Crippen LogP contribution in [0.4, 0.5) is 8.78 Å². The number of aromatic nitrogens is 3. The van der Waals surface area contributed by atoms with Gasteiger partial charge in [0, 0.05) is 36.0 Å². The molecule has 0 bridgehead atoms. The van der Waals surface area contributed by atoms with Crippen molar-refractivity contribution in [2.24, 2.45) is 5.73 Å². The molecule has 2 N–H and O–H groups in total. The maximum absolute atomic E-state index is 13.4. The van der Waals surface area contributed by atoms with Gasteiger partial charge in [-0.1, -0.05) is 12.2 Å². The normalized spacial score (nSPS) is 13.7. The Morgan fingerprint density at radius 2 is 1.85 bits per heavy atom. The molecule has 2 heterocycles. The van der Waals surface area contributed by atoms with Gasteiger partial charge in [0.1, 0.15) is 18.0 Å². The van der Waals surface area contributed by atoms with Gasteiger partial charge < -0.3 is 5.73 Å². The molecular weight excluding hydrogens is 334 g/mol. The van der Waals surface area contributed by atoms with Gasteiger partial charge in [-0.3, -0.25) is 4.98 Å². The van der Waals surface area contributed by atoms with Crippen molar-refractivity contribution < 1.29 is 8.78 Å². The molecule has 0 fully saturated rings. The fourth-order valence-electron chi connectivity index (χ4n) is 3.21. The van der Waals surface area contributed by atoms with Gasteiger partial charge in [0.2, 0.25) is 0 Å². The van der Waals surface area contributed by atoms with Crippen molar-refractivity contribution in [3.05, 3.63) is 83.2 Å². The number of rotatable bonds is 4. The van der Waals surface area contributed by atoms with E-state index in [1.165, 1.54) is 18.5 Å². The van der Waals surface area contributed by atoms with Crippen molar-refractivity contribution in [1.82, 2.24) is 15.0 Å². The molecule has 0 radical (unpaired) electrons. The molecule has 0 aliphatic heterocycles. The van der Waals surface area contributed by atoms with Gasteiger partial charge >= 0.3 is 0 Å². The van der Waals surface area contributed by atoms with Crippen molar-refractivity contribution in [3.8, 4) is 11.1 Å². The Balaban J connectivity index is 1.68. The fourth-order valence-corrected chi connectivity index (χ4v) is 3.21. The Morgan fingerprint density at radius 1 is 1.04 bits per heavy atom. The van der Waals surface area contributed by atoms with Crippen molar-refractivity contribution in [1.29, 1.82) is 0 Å². The highest BCUT2D eigenvalue weighted by Gasteiger charge is 2.17. The number of nitrogens with two attached hydrogens (primary N) is 1. The molecule has 1 aliphatic rings. The number of nitrogens with zero attached hydrogens (tertiary/aromatic N) is 3. The zero-order valence-electron chi connectivity index (χ0n) is 13.9. The average molecular weight is 350 g/mol. The Kier molecular flexibility index (Phi) is 4.26. The lowest BCUT2D eigenvalue weighted by atomic mass is 9.97. The maximum atomic E-state index is 13.4. The second-order valence-corrected chi connectivity index (χ2v) is 6.28. The number of hydrogen-bond acceptors (Lipinski definition) is 4. The Labute approximate surface area is 149 Å². The summed E-state index contributed by atoms with van der Waals surface area (Å²) in [6.07, 6.45) is 10.1. The van der Waals surface area contributed by atoms with Crippen LogP contribution < -0.4 is 5.73 Å². The summed E-state index contributed by atoms with van der Waals surface area (Å²) in [6.45, 7) is 0. The lowest BCUT2D eigenvalue weighted by Crippen LogP contribution is -2.16. The van der Waals surface area contributed by atoms with E-state index in [0.717, 1.165) is 34.9 Å². The quantitative estimate of drug-likeness (QED) is 0.780. The number of halogens is 2. The van der Waals surface area contributed by atoms with Crippen LogP contribution in [-0.4, -0.2) is 15.0 Å². The molecule has 26 heavy (non-hydrogen) atoms. The minimum absolute atomic E-state index is 0.261. The van der Waals surface area contributed by atoms with E-state index >= 15 is 0 Å². The highest BCUT2D eigenvalue weighted by molar-refractivity contribution is 5.70. The maximum Gasteiger partial charge on any atom is 0.126 e. The second kappa shape index (κ2) is 6.72. The summed E-state index contributed by atoms with van der Waals surface area (Å²) in [5, 5.41) is 0. The largest absolute Gasteiger partial charge is 0.322 e. The summed E-state index contributed by atoms with van der Waals surface area (Å²) in [6, 6.07) is 4.91. The smallest absolute Gasteiger partial charge is 0.126 e. The third-order valence-electron chi connectivity index (χ3n) is 4.40. The fraction of sp³-hybridized carbons (Fsp3) is 0.150. The zero-order chi connectivity index (χ0) is 18.1. The van der Waals surface area contributed by atoms with Gasteiger partial charge in [0.05, 0.1) is 17.4 Å². The first kappa shape index (κ1) is 16.5. The van der Waals surface area contributed by atoms with Gasteiger partial charge in [0.25, 0.3) is 0 Å². The van der Waals surface area contributed by atoms with Crippen molar-refractivity contribution in [2.75, 3.05) is 0 Å². The molecule has 3 aromatic rings. The number of fused-ring (bicyclic) bond motifs is 1. The molecule has 0 spiro atoms. The summed E-state index contributed by atoms with van der Waals surface area (Å²) in [5.74, 6) is -1.24. The molecule has 4 rings (SSSR count). The van der Waals surface area contributed by atoms with E-state index in [4.69, 9.17) is 5.73 Å². The molecule has 6 heteroatoms. The highest BCUT2D eigenvalue weighted by Crippen LogP contribution is 2.29. The van der Waals surface area contributed by atoms with E-state index in [0.29, 0.717) is 11.3 Å². The number of hydrogen-bond donors (Lipinski definition) is 1. The molecule has 0 unspecified atom stereocenters. The Morgan fingerprint density at radius 3 is 2.65 bits per heavy atom. The first-order chi connectivity index (χ1) is 12.6. The molecule has 1 aromatic carbocycles. The predicted octanol–water partition coefficient (Wildman–Crippen LogP) is 3.63. The molecule has 130 valence electrons. The van der Waals surface area contributed by atoms with Crippen LogP contribution >= 0.6 is 0 Å². The van der Waals surface area contributed by atoms with Crippen LogP contribution in [0.3, 0.4) is 0 Å². The first-order valence-electron chi connectivity index (χ1n) is 8.26. The summed E-state index contributed by atoms with van der Waals surface area (Å²) in [5.41, 5.74) is 11.1. The van der Waals surface area contributed by atoms with E-state index in [9.17, 15) is 8.78 Å². The van der Waals surface area contributed by atoms with Crippen LogP contribution in [0.2, 0.25) is 0 Å². The van der Waals surface area contributed by atoms with Crippen molar-refractivity contribution >= 4 is 6.08 Å². The lowest BCUT2D eigenvalue weighted by molar-refractivity contribution is 0.575. The van der Waals surface area contributed by atoms with Crippen molar-refractivity contribution in [3.63, 3.8) is 0 Å². The van der Waals surface area contributed by atoms with E-state index in [1.807, 2.05) is 12.1 Å². The highest BCUT2D eigenvalue weighted by atomic mass is 19.1. The van der Waals surface area contributed by atoms with Crippen LogP contribution in [0.15, 0.2) is 49.1 Å². The van der Waals surface area contributed by atoms with Gasteiger partial charge in [0.15, 0.2) is 0 Å². The topological polar surface area (TPSA) is 64.7 Å². The van der Waals surface area contributed by atoms with Crippen LogP contribution in [0.1, 0.15) is 28.6 Å². The minimum Gasteiger partial charge on any atom is -0.322 e. The summed E-state index contributed by atoms with van der Waals surface area (Å²) in [4.78, 5) is 12.9. The zero-order valence-corrected chi connectivity index (χ0v) is 13.9. The molecule has 0 saturated heterocycles. The van der Waals surface area contributed by atoms with Crippen LogP contribution in [-0.2, 0) is 12.8 Å². The summed E-state index contributed by atoms with van der Waals surface area (Å²) in [7, 11) is 0. The third kappa shape index (κ3) is 3.23. The van der Waals surface area contributed by atoms with Gasteiger partial charge in [-0.2, -0.15) is 0 Å². The number of pyridine rings is 1. The average Bonchev–Trinajstić information content (AvgIpc) is 3.08. The monoisotopic (exact) mass is 350 g/mol. The van der Waals surface area contributed by atoms with E-state index < -0.39 is 17.7 Å².